The minimum atomic E-state index is -4.46. The molecular weight excluding hydrogens is 207 g/mol. The van der Waals surface area contributed by atoms with Gasteiger partial charge in [-0.2, -0.15) is 18.4 Å². The Morgan fingerprint density at radius 1 is 1.33 bits per heavy atom. The fourth-order valence-electron chi connectivity index (χ4n) is 1.08. The lowest BCUT2D eigenvalue weighted by atomic mass is 10.1. The zero-order valence-corrected chi connectivity index (χ0v) is 7.93. The van der Waals surface area contributed by atoms with Crippen molar-refractivity contribution in [3.05, 3.63) is 29.3 Å². The SMILES string of the molecule is CCOc1cc(C#N)cc(C(F)(F)F)c1. The third-order valence-corrected chi connectivity index (χ3v) is 1.67. The molecule has 1 aromatic carbocycles. The van der Waals surface area contributed by atoms with Crippen molar-refractivity contribution in [1.82, 2.24) is 0 Å². The first-order valence-corrected chi connectivity index (χ1v) is 4.22. The second-order valence-electron chi connectivity index (χ2n) is 2.79. The van der Waals surface area contributed by atoms with E-state index in [9.17, 15) is 13.2 Å². The Balaban J connectivity index is 3.19. The molecule has 0 unspecified atom stereocenters. The Morgan fingerprint density at radius 3 is 2.47 bits per heavy atom. The summed E-state index contributed by atoms with van der Waals surface area (Å²) in [4.78, 5) is 0. The van der Waals surface area contributed by atoms with Crippen molar-refractivity contribution in [1.29, 1.82) is 5.26 Å². The molecule has 0 radical (unpaired) electrons. The van der Waals surface area contributed by atoms with Crippen molar-refractivity contribution < 1.29 is 17.9 Å². The number of nitrogens with zero attached hydrogens (tertiary/aromatic N) is 1. The van der Waals surface area contributed by atoms with Gasteiger partial charge >= 0.3 is 6.18 Å². The molecule has 0 amide bonds. The first-order valence-electron chi connectivity index (χ1n) is 4.22. The van der Waals surface area contributed by atoms with Gasteiger partial charge in [0.25, 0.3) is 0 Å². The van der Waals surface area contributed by atoms with Crippen molar-refractivity contribution >= 4 is 0 Å². The molecule has 0 N–H and O–H groups in total. The van der Waals surface area contributed by atoms with Gasteiger partial charge in [0.2, 0.25) is 0 Å². The molecule has 0 heterocycles. The lowest BCUT2D eigenvalue weighted by Gasteiger charge is -2.09. The number of halogens is 3. The van der Waals surface area contributed by atoms with Crippen LogP contribution in [0.25, 0.3) is 0 Å². The second-order valence-corrected chi connectivity index (χ2v) is 2.79. The molecule has 2 nitrogen and oxygen atoms in total. The van der Waals surface area contributed by atoms with E-state index >= 15 is 0 Å². The zero-order chi connectivity index (χ0) is 11.5. The van der Waals surface area contributed by atoms with Crippen LogP contribution in [0.1, 0.15) is 18.1 Å². The summed E-state index contributed by atoms with van der Waals surface area (Å²) in [7, 11) is 0. The van der Waals surface area contributed by atoms with E-state index in [1.807, 2.05) is 0 Å². The van der Waals surface area contributed by atoms with E-state index in [1.54, 1.807) is 13.0 Å². The lowest BCUT2D eigenvalue weighted by molar-refractivity contribution is -0.137. The Morgan fingerprint density at radius 2 is 2.00 bits per heavy atom. The molecule has 0 aliphatic carbocycles. The smallest absolute Gasteiger partial charge is 0.416 e. The molecule has 80 valence electrons. The quantitative estimate of drug-likeness (QED) is 0.759. The molecule has 1 rings (SSSR count). The van der Waals surface area contributed by atoms with E-state index in [0.29, 0.717) is 0 Å². The van der Waals surface area contributed by atoms with Gasteiger partial charge < -0.3 is 4.74 Å². The molecule has 0 atom stereocenters. The van der Waals surface area contributed by atoms with Crippen LogP contribution in [-0.4, -0.2) is 6.61 Å². The number of hydrogen-bond donors (Lipinski definition) is 0. The average molecular weight is 215 g/mol. The molecule has 0 saturated heterocycles. The van der Waals surface area contributed by atoms with Crippen molar-refractivity contribution in [3.63, 3.8) is 0 Å². The molecule has 0 aromatic heterocycles. The molecular formula is C10H8F3NO. The fraction of sp³-hybridized carbons (Fsp3) is 0.300. The minimum absolute atomic E-state index is 0.0591. The maximum atomic E-state index is 12.4. The summed E-state index contributed by atoms with van der Waals surface area (Å²) in [6, 6.07) is 4.61. The van der Waals surface area contributed by atoms with Crippen LogP contribution in [0.15, 0.2) is 18.2 Å². The van der Waals surface area contributed by atoms with E-state index in [2.05, 4.69) is 0 Å². The van der Waals surface area contributed by atoms with Crippen molar-refractivity contribution in [3.8, 4) is 11.8 Å². The zero-order valence-electron chi connectivity index (χ0n) is 7.93. The highest BCUT2D eigenvalue weighted by Gasteiger charge is 2.31. The summed E-state index contributed by atoms with van der Waals surface area (Å²) in [5.41, 5.74) is -0.932. The summed E-state index contributed by atoms with van der Waals surface area (Å²) < 4.78 is 42.0. The lowest BCUT2D eigenvalue weighted by Crippen LogP contribution is -2.06. The highest BCUT2D eigenvalue weighted by atomic mass is 19.4. The van der Waals surface area contributed by atoms with Gasteiger partial charge in [-0.3, -0.25) is 0 Å². The first-order chi connectivity index (χ1) is 6.97. The summed E-state index contributed by atoms with van der Waals surface area (Å²) in [6.07, 6.45) is -4.46. The van der Waals surface area contributed by atoms with Crippen LogP contribution in [0.5, 0.6) is 5.75 Å². The maximum absolute atomic E-state index is 12.4. The Kier molecular flexibility index (Phi) is 3.20. The second kappa shape index (κ2) is 4.22. The predicted molar refractivity (Wildman–Crippen MR) is 47.3 cm³/mol. The number of alkyl halides is 3. The number of hydrogen-bond acceptors (Lipinski definition) is 2. The number of ether oxygens (including phenoxy) is 1. The van der Waals surface area contributed by atoms with Crippen LogP contribution in [0.4, 0.5) is 13.2 Å². The van der Waals surface area contributed by atoms with Gasteiger partial charge in [-0.05, 0) is 25.1 Å². The fourth-order valence-corrected chi connectivity index (χ4v) is 1.08. The Bertz CT molecular complexity index is 393. The highest BCUT2D eigenvalue weighted by Crippen LogP contribution is 2.32. The summed E-state index contributed by atoms with van der Waals surface area (Å²) >= 11 is 0. The molecule has 5 heteroatoms. The van der Waals surface area contributed by atoms with Crippen molar-refractivity contribution in [2.75, 3.05) is 6.61 Å². The van der Waals surface area contributed by atoms with Crippen LogP contribution in [0.3, 0.4) is 0 Å². The maximum Gasteiger partial charge on any atom is 0.416 e. The highest BCUT2D eigenvalue weighted by molar-refractivity contribution is 5.41. The molecule has 0 saturated carbocycles. The summed E-state index contributed by atoms with van der Waals surface area (Å²) in [5.74, 6) is 0.0591. The summed E-state index contributed by atoms with van der Waals surface area (Å²) in [6.45, 7) is 1.92. The molecule has 0 fully saturated rings. The minimum Gasteiger partial charge on any atom is -0.494 e. The van der Waals surface area contributed by atoms with Gasteiger partial charge in [-0.1, -0.05) is 0 Å². The van der Waals surface area contributed by atoms with Crippen LogP contribution in [-0.2, 0) is 6.18 Å². The monoisotopic (exact) mass is 215 g/mol. The van der Waals surface area contributed by atoms with Gasteiger partial charge in [0, 0.05) is 0 Å². The van der Waals surface area contributed by atoms with Crippen molar-refractivity contribution in [2.24, 2.45) is 0 Å². The topological polar surface area (TPSA) is 33.0 Å². The number of rotatable bonds is 2. The van der Waals surface area contributed by atoms with Gasteiger partial charge in [-0.25, -0.2) is 0 Å². The van der Waals surface area contributed by atoms with E-state index in [-0.39, 0.29) is 17.9 Å². The normalized spacial score (nSPS) is 10.9. The van der Waals surface area contributed by atoms with Gasteiger partial charge in [0.15, 0.2) is 0 Å². The molecule has 15 heavy (non-hydrogen) atoms. The largest absolute Gasteiger partial charge is 0.494 e. The summed E-state index contributed by atoms with van der Waals surface area (Å²) in [5, 5.41) is 8.55. The van der Waals surface area contributed by atoms with E-state index in [4.69, 9.17) is 10.00 Å². The van der Waals surface area contributed by atoms with Crippen LogP contribution >= 0.6 is 0 Å². The van der Waals surface area contributed by atoms with Crippen LogP contribution < -0.4 is 4.74 Å². The number of nitriles is 1. The molecule has 0 bridgehead atoms. The Hall–Kier alpha value is -1.70. The van der Waals surface area contributed by atoms with Crippen LogP contribution in [0, 0.1) is 11.3 Å². The third-order valence-electron chi connectivity index (χ3n) is 1.67. The van der Waals surface area contributed by atoms with Gasteiger partial charge in [0.1, 0.15) is 5.75 Å². The molecule has 0 spiro atoms. The van der Waals surface area contributed by atoms with Crippen molar-refractivity contribution in [2.45, 2.75) is 13.1 Å². The number of benzene rings is 1. The van der Waals surface area contributed by atoms with Crippen LogP contribution in [0.2, 0.25) is 0 Å². The Labute approximate surface area is 84.9 Å². The molecule has 0 aliphatic heterocycles. The van der Waals surface area contributed by atoms with E-state index in [1.165, 1.54) is 6.07 Å². The molecule has 0 aliphatic rings. The molecule has 1 aromatic rings. The first kappa shape index (κ1) is 11.4. The standard InChI is InChI=1S/C10H8F3NO/c1-2-15-9-4-7(6-14)3-8(5-9)10(11,12)13/h3-5H,2H2,1H3. The van der Waals surface area contributed by atoms with E-state index < -0.39 is 11.7 Å². The van der Waals surface area contributed by atoms with E-state index in [0.717, 1.165) is 12.1 Å². The third kappa shape index (κ3) is 2.88. The van der Waals surface area contributed by atoms with Gasteiger partial charge in [-0.15, -0.1) is 0 Å². The predicted octanol–water partition coefficient (Wildman–Crippen LogP) is 2.98. The van der Waals surface area contributed by atoms with Gasteiger partial charge in [0.05, 0.1) is 23.8 Å². The average Bonchev–Trinajstić information content (AvgIpc) is 2.16.